The van der Waals surface area contributed by atoms with Crippen molar-refractivity contribution in [1.29, 1.82) is 0 Å². The minimum atomic E-state index is -1.16. The zero-order valence-electron chi connectivity index (χ0n) is 20.6. The van der Waals surface area contributed by atoms with Gasteiger partial charge in [-0.3, -0.25) is 4.79 Å². The molecule has 0 aliphatic carbocycles. The van der Waals surface area contributed by atoms with Crippen LogP contribution in [0.15, 0.2) is 48.5 Å². The topological polar surface area (TPSA) is 135 Å². The Morgan fingerprint density at radius 3 is 2.61 bits per heavy atom. The van der Waals surface area contributed by atoms with E-state index in [2.05, 4.69) is 37.5 Å². The molecular formula is C26H30ClN7O2. The van der Waals surface area contributed by atoms with E-state index in [1.54, 1.807) is 13.8 Å². The van der Waals surface area contributed by atoms with Gasteiger partial charge < -0.3 is 15.5 Å². The number of halogens is 1. The van der Waals surface area contributed by atoms with Gasteiger partial charge in [0.05, 0.1) is 5.69 Å². The number of nitrogens with zero attached hydrogens (tertiary/aromatic N) is 4. The van der Waals surface area contributed by atoms with Crippen molar-refractivity contribution in [2.45, 2.75) is 58.1 Å². The molecule has 0 bridgehead atoms. The maximum atomic E-state index is 12.8. The number of nitrogens with two attached hydrogens (primary N) is 1. The van der Waals surface area contributed by atoms with Crippen molar-refractivity contribution < 1.29 is 9.53 Å². The van der Waals surface area contributed by atoms with Crippen molar-refractivity contribution in [3.05, 3.63) is 70.8 Å². The molecule has 2 aromatic heterocycles. The highest BCUT2D eigenvalue weighted by Crippen LogP contribution is 2.34. The first-order valence-corrected chi connectivity index (χ1v) is 12.3. The number of carbonyl (C=O) groups excluding carboxylic acids is 1. The highest BCUT2D eigenvalue weighted by molar-refractivity contribution is 6.30. The number of carbonyl (C=O) groups is 1. The van der Waals surface area contributed by atoms with Crippen molar-refractivity contribution in [3.8, 4) is 22.5 Å². The van der Waals surface area contributed by atoms with Gasteiger partial charge >= 0.3 is 5.97 Å². The molecule has 2 heterocycles. The smallest absolute Gasteiger partial charge is 0.326 e. The van der Waals surface area contributed by atoms with E-state index in [4.69, 9.17) is 22.1 Å². The summed E-state index contributed by atoms with van der Waals surface area (Å²) in [6.45, 7) is 5.33. The summed E-state index contributed by atoms with van der Waals surface area (Å²) < 4.78 is 5.88. The van der Waals surface area contributed by atoms with Gasteiger partial charge in [0.2, 0.25) is 5.82 Å². The number of aromatic nitrogens is 6. The number of unbranched alkanes of at least 4 members (excludes halogenated alkanes) is 1. The molecule has 1 unspecified atom stereocenters. The molecule has 0 fully saturated rings. The molecule has 2 aromatic carbocycles. The fraction of sp³-hybridized carbons (Fsp3) is 0.346. The number of imidazole rings is 1. The number of hydrogen-bond acceptors (Lipinski definition) is 7. The summed E-state index contributed by atoms with van der Waals surface area (Å²) in [7, 11) is 0. The highest BCUT2D eigenvalue weighted by Gasteiger charge is 2.30. The first-order valence-electron chi connectivity index (χ1n) is 11.9. The number of esters is 1. The fourth-order valence-electron chi connectivity index (χ4n) is 3.84. The average molecular weight is 508 g/mol. The Morgan fingerprint density at radius 1 is 1.17 bits per heavy atom. The van der Waals surface area contributed by atoms with Gasteiger partial charge in [0.15, 0.2) is 5.15 Å². The lowest BCUT2D eigenvalue weighted by molar-refractivity contribution is -0.155. The van der Waals surface area contributed by atoms with Crippen LogP contribution in [0.4, 0.5) is 0 Å². The number of tetrazole rings is 1. The third-order valence-corrected chi connectivity index (χ3v) is 6.06. The van der Waals surface area contributed by atoms with Crippen LogP contribution in [0.25, 0.3) is 22.5 Å². The van der Waals surface area contributed by atoms with Gasteiger partial charge in [-0.2, -0.15) is 5.21 Å². The van der Waals surface area contributed by atoms with E-state index < -0.39 is 17.6 Å². The van der Waals surface area contributed by atoms with Crippen LogP contribution < -0.4 is 5.73 Å². The lowest BCUT2D eigenvalue weighted by Crippen LogP contribution is -2.43. The van der Waals surface area contributed by atoms with E-state index >= 15 is 0 Å². The Kier molecular flexibility index (Phi) is 7.81. The van der Waals surface area contributed by atoms with E-state index in [0.717, 1.165) is 47.3 Å². The fourth-order valence-corrected chi connectivity index (χ4v) is 4.11. The molecule has 10 heteroatoms. The van der Waals surface area contributed by atoms with E-state index in [-0.39, 0.29) is 5.15 Å². The second-order valence-electron chi connectivity index (χ2n) is 9.29. The molecule has 0 amide bonds. The predicted octanol–water partition coefficient (Wildman–Crippen LogP) is 4.82. The third kappa shape index (κ3) is 5.98. The molecule has 9 nitrogen and oxygen atoms in total. The van der Waals surface area contributed by atoms with Gasteiger partial charge in [0.25, 0.3) is 0 Å². The Morgan fingerprint density at radius 2 is 1.94 bits per heavy atom. The van der Waals surface area contributed by atoms with Crippen LogP contribution in [0.5, 0.6) is 0 Å². The third-order valence-electron chi connectivity index (χ3n) is 5.77. The molecule has 0 aliphatic rings. The van der Waals surface area contributed by atoms with Gasteiger partial charge in [-0.05, 0) is 48.2 Å². The predicted molar refractivity (Wildman–Crippen MR) is 138 cm³/mol. The summed E-state index contributed by atoms with van der Waals surface area (Å²) in [6.07, 6.45) is 2.39. The van der Waals surface area contributed by atoms with Crippen molar-refractivity contribution >= 4 is 17.6 Å². The molecule has 4 N–H and O–H groups in total. The van der Waals surface area contributed by atoms with Crippen LogP contribution in [0.3, 0.4) is 0 Å². The molecule has 4 aromatic rings. The zero-order chi connectivity index (χ0) is 25.7. The lowest BCUT2D eigenvalue weighted by atomic mass is 9.94. The summed E-state index contributed by atoms with van der Waals surface area (Å²) in [4.78, 5) is 20.5. The number of rotatable bonds is 10. The standard InChI is InChI=1S/C26H30ClN7O2/c1-4-5-11-21-29-22(23(27)30-21)20(36-25(35)26(2,3)28)15-16-12-13-18(17-9-7-6-8-10-17)19(14-16)24-31-33-34-32-24/h6-10,12-14,20H,4-5,11,15,28H2,1-3H3,(H,29,30)(H,31,32,33,34). The summed E-state index contributed by atoms with van der Waals surface area (Å²) in [6, 6.07) is 15.9. The SMILES string of the molecule is CCCCc1nc(Cl)c(C(Cc2ccc(-c3ccccc3)c(-c3nn[nH]n3)c2)OC(=O)C(C)(C)N)[nH]1. The number of aryl methyl sites for hydroxylation is 1. The van der Waals surface area contributed by atoms with Crippen LogP contribution in [0.1, 0.15) is 56.8 Å². The van der Waals surface area contributed by atoms with E-state index in [1.165, 1.54) is 0 Å². The summed E-state index contributed by atoms with van der Waals surface area (Å²) in [5.74, 6) is 0.693. The van der Waals surface area contributed by atoms with Crippen molar-refractivity contribution in [3.63, 3.8) is 0 Å². The molecule has 36 heavy (non-hydrogen) atoms. The quantitative estimate of drug-likeness (QED) is 0.262. The molecule has 0 saturated heterocycles. The van der Waals surface area contributed by atoms with Gasteiger partial charge in [-0.1, -0.05) is 67.4 Å². The normalized spacial score (nSPS) is 12.5. The summed E-state index contributed by atoms with van der Waals surface area (Å²) >= 11 is 6.50. The number of hydrogen-bond donors (Lipinski definition) is 3. The second-order valence-corrected chi connectivity index (χ2v) is 9.65. The second kappa shape index (κ2) is 11.0. The van der Waals surface area contributed by atoms with Gasteiger partial charge in [-0.25, -0.2) is 4.98 Å². The van der Waals surface area contributed by atoms with E-state index in [1.807, 2.05) is 48.5 Å². The Hall–Kier alpha value is -3.56. The molecule has 0 saturated carbocycles. The first kappa shape index (κ1) is 25.5. The van der Waals surface area contributed by atoms with Crippen LogP contribution in [-0.2, 0) is 22.4 Å². The van der Waals surface area contributed by atoms with Crippen LogP contribution >= 0.6 is 11.6 Å². The first-order chi connectivity index (χ1) is 17.3. The van der Waals surface area contributed by atoms with Gasteiger partial charge in [0, 0.05) is 18.4 Å². The molecule has 4 rings (SSSR count). The van der Waals surface area contributed by atoms with E-state index in [9.17, 15) is 4.79 Å². The molecule has 0 spiro atoms. The van der Waals surface area contributed by atoms with Crippen molar-refractivity contribution in [2.75, 3.05) is 0 Å². The average Bonchev–Trinajstić information content (AvgIpc) is 3.52. The Balaban J connectivity index is 1.72. The minimum absolute atomic E-state index is 0.285. The van der Waals surface area contributed by atoms with Gasteiger partial charge in [0.1, 0.15) is 17.5 Å². The van der Waals surface area contributed by atoms with Crippen molar-refractivity contribution in [2.24, 2.45) is 5.73 Å². The molecular weight excluding hydrogens is 478 g/mol. The minimum Gasteiger partial charge on any atom is -0.454 e. The number of nitrogens with one attached hydrogen (secondary N) is 2. The van der Waals surface area contributed by atoms with E-state index in [0.29, 0.717) is 17.9 Å². The summed E-state index contributed by atoms with van der Waals surface area (Å²) in [5, 5.41) is 14.9. The van der Waals surface area contributed by atoms with Crippen LogP contribution in [0.2, 0.25) is 5.15 Å². The number of H-pyrrole nitrogens is 2. The maximum absolute atomic E-state index is 12.8. The Bertz CT molecular complexity index is 1300. The lowest BCUT2D eigenvalue weighted by Gasteiger charge is -2.23. The monoisotopic (exact) mass is 507 g/mol. The largest absolute Gasteiger partial charge is 0.454 e. The van der Waals surface area contributed by atoms with Crippen LogP contribution in [0, 0.1) is 0 Å². The maximum Gasteiger partial charge on any atom is 0.326 e. The highest BCUT2D eigenvalue weighted by atomic mass is 35.5. The number of benzene rings is 2. The molecule has 188 valence electrons. The zero-order valence-corrected chi connectivity index (χ0v) is 21.3. The molecule has 0 radical (unpaired) electrons. The number of aromatic amines is 2. The Labute approximate surface area is 214 Å². The van der Waals surface area contributed by atoms with Gasteiger partial charge in [-0.15, -0.1) is 10.2 Å². The molecule has 0 aliphatic heterocycles. The summed E-state index contributed by atoms with van der Waals surface area (Å²) in [5.41, 5.74) is 9.08. The number of ether oxygens (including phenoxy) is 1. The van der Waals surface area contributed by atoms with Crippen LogP contribution in [-0.4, -0.2) is 42.1 Å². The van der Waals surface area contributed by atoms with Crippen molar-refractivity contribution in [1.82, 2.24) is 30.6 Å². The molecule has 1 atom stereocenters.